The number of aromatic nitrogens is 1. The van der Waals surface area contributed by atoms with E-state index in [0.717, 1.165) is 0 Å². The zero-order valence-corrected chi connectivity index (χ0v) is 26.4. The molecule has 0 spiro atoms. The molecule has 1 aliphatic rings. The van der Waals surface area contributed by atoms with Gasteiger partial charge in [-0.05, 0) is 70.5 Å². The van der Waals surface area contributed by atoms with Gasteiger partial charge in [0.05, 0.1) is 55.4 Å². The van der Waals surface area contributed by atoms with Crippen molar-refractivity contribution in [2.75, 3.05) is 40.1 Å². The van der Waals surface area contributed by atoms with E-state index in [2.05, 4.69) is 9.73 Å². The number of esters is 2. The Morgan fingerprint density at radius 1 is 0.909 bits per heavy atom. The molecule has 1 atom stereocenters. The Morgan fingerprint density at radius 3 is 2.32 bits per heavy atom. The van der Waals surface area contributed by atoms with Crippen LogP contribution in [0.5, 0.6) is 23.0 Å². The Balaban J connectivity index is 1.90. The third kappa shape index (κ3) is 6.96. The molecule has 0 fully saturated rings. The van der Waals surface area contributed by atoms with Crippen molar-refractivity contribution in [3.63, 3.8) is 0 Å². The van der Waals surface area contributed by atoms with E-state index < -0.39 is 18.0 Å². The fourth-order valence-electron chi connectivity index (χ4n) is 4.70. The predicted octanol–water partition coefficient (Wildman–Crippen LogP) is 3.55. The number of nitrogens with zero attached hydrogens (tertiary/aromatic N) is 2. The maximum atomic E-state index is 14.1. The fourth-order valence-corrected chi connectivity index (χ4v) is 5.73. The van der Waals surface area contributed by atoms with Gasteiger partial charge in [0.1, 0.15) is 11.5 Å². The molecule has 4 rings (SSSR count). The van der Waals surface area contributed by atoms with E-state index in [1.54, 1.807) is 44.2 Å². The van der Waals surface area contributed by atoms with Gasteiger partial charge in [0.15, 0.2) is 22.9 Å². The lowest BCUT2D eigenvalue weighted by Crippen LogP contribution is -2.40. The highest BCUT2D eigenvalue weighted by Gasteiger charge is 2.34. The molecule has 0 bridgehead atoms. The molecule has 12 heteroatoms. The first-order valence-electron chi connectivity index (χ1n) is 14.3. The predicted molar refractivity (Wildman–Crippen MR) is 164 cm³/mol. The maximum Gasteiger partial charge on any atom is 0.343 e. The standard InChI is InChI=1S/C32H36N2O9S/c1-7-39-22-13-11-20(24(17-22)40-8-2)16-26-30(36)34-29(28(31(37)42-10-4)19(5)33-32(34)44-26)21-12-14-23(25(15-21)41-9-3)43-18-27(35)38-6/h11-17,29H,7-10,18H2,1-6H3/b26-16-/t29-/m1/s1. The highest BCUT2D eigenvalue weighted by molar-refractivity contribution is 7.07. The Bertz CT molecular complexity index is 1740. The zero-order valence-electron chi connectivity index (χ0n) is 25.6. The molecule has 0 aliphatic carbocycles. The summed E-state index contributed by atoms with van der Waals surface area (Å²) in [5.41, 5.74) is 1.59. The minimum atomic E-state index is -0.868. The summed E-state index contributed by atoms with van der Waals surface area (Å²) < 4.78 is 34.9. The van der Waals surface area contributed by atoms with Gasteiger partial charge in [0.25, 0.3) is 5.56 Å². The minimum Gasteiger partial charge on any atom is -0.494 e. The molecule has 2 aromatic carbocycles. The van der Waals surface area contributed by atoms with Crippen LogP contribution in [0.25, 0.3) is 6.08 Å². The summed E-state index contributed by atoms with van der Waals surface area (Å²) in [6.07, 6.45) is 1.75. The maximum absolute atomic E-state index is 14.1. The van der Waals surface area contributed by atoms with E-state index in [4.69, 9.17) is 23.7 Å². The molecule has 1 aromatic heterocycles. The van der Waals surface area contributed by atoms with E-state index in [-0.39, 0.29) is 24.3 Å². The number of methoxy groups -OCH3 is 1. The molecule has 2 heterocycles. The first kappa shape index (κ1) is 32.3. The molecule has 234 valence electrons. The van der Waals surface area contributed by atoms with Crippen LogP contribution in [-0.4, -0.2) is 56.6 Å². The van der Waals surface area contributed by atoms with Gasteiger partial charge >= 0.3 is 11.9 Å². The number of hydrogen-bond acceptors (Lipinski definition) is 11. The Kier molecular flexibility index (Phi) is 10.8. The van der Waals surface area contributed by atoms with E-state index in [9.17, 15) is 14.4 Å². The Labute approximate surface area is 258 Å². The summed E-state index contributed by atoms with van der Waals surface area (Å²) in [5.74, 6) is 0.755. The van der Waals surface area contributed by atoms with Gasteiger partial charge in [0.2, 0.25) is 0 Å². The number of rotatable bonds is 13. The number of ether oxygens (including phenoxy) is 6. The normalized spacial score (nSPS) is 14.4. The van der Waals surface area contributed by atoms with E-state index in [0.29, 0.717) is 69.0 Å². The molecule has 0 radical (unpaired) electrons. The van der Waals surface area contributed by atoms with Crippen LogP contribution in [0.3, 0.4) is 0 Å². The average molecular weight is 625 g/mol. The number of carbonyl (C=O) groups excluding carboxylic acids is 2. The monoisotopic (exact) mass is 624 g/mol. The number of hydrogen-bond donors (Lipinski definition) is 0. The topological polar surface area (TPSA) is 124 Å². The van der Waals surface area contributed by atoms with Crippen LogP contribution in [0, 0.1) is 0 Å². The smallest absolute Gasteiger partial charge is 0.343 e. The highest BCUT2D eigenvalue weighted by atomic mass is 32.1. The van der Waals surface area contributed by atoms with Crippen molar-refractivity contribution in [2.45, 2.75) is 40.7 Å². The molecule has 0 unspecified atom stereocenters. The van der Waals surface area contributed by atoms with Gasteiger partial charge in [-0.2, -0.15) is 0 Å². The van der Waals surface area contributed by atoms with Crippen LogP contribution in [0.2, 0.25) is 0 Å². The van der Waals surface area contributed by atoms with Crippen LogP contribution < -0.4 is 33.8 Å². The van der Waals surface area contributed by atoms with Gasteiger partial charge in [-0.25, -0.2) is 14.6 Å². The first-order valence-corrected chi connectivity index (χ1v) is 15.1. The largest absolute Gasteiger partial charge is 0.494 e. The molecule has 3 aromatic rings. The minimum absolute atomic E-state index is 0.148. The van der Waals surface area contributed by atoms with Crippen LogP contribution >= 0.6 is 11.3 Å². The van der Waals surface area contributed by atoms with Crippen LogP contribution in [0.1, 0.15) is 51.8 Å². The summed E-state index contributed by atoms with van der Waals surface area (Å²) in [7, 11) is 1.27. The second-order valence-corrected chi connectivity index (χ2v) is 10.4. The van der Waals surface area contributed by atoms with Gasteiger partial charge in [-0.1, -0.05) is 17.4 Å². The lowest BCUT2D eigenvalue weighted by molar-refractivity contribution is -0.143. The first-order chi connectivity index (χ1) is 21.3. The Morgan fingerprint density at radius 2 is 1.64 bits per heavy atom. The average Bonchev–Trinajstić information content (AvgIpc) is 3.31. The van der Waals surface area contributed by atoms with Gasteiger partial charge in [0, 0.05) is 11.6 Å². The van der Waals surface area contributed by atoms with E-state index in [1.165, 1.54) is 23.0 Å². The summed E-state index contributed by atoms with van der Waals surface area (Å²) in [5, 5.41) is 0. The molecule has 11 nitrogen and oxygen atoms in total. The number of carbonyl (C=O) groups is 2. The van der Waals surface area contributed by atoms with Crippen molar-refractivity contribution in [1.82, 2.24) is 4.57 Å². The molecular weight excluding hydrogens is 588 g/mol. The van der Waals surface area contributed by atoms with Crippen LogP contribution in [-0.2, 0) is 19.1 Å². The Hall–Kier alpha value is -4.58. The van der Waals surface area contributed by atoms with Gasteiger partial charge in [-0.3, -0.25) is 9.36 Å². The van der Waals surface area contributed by atoms with Gasteiger partial charge < -0.3 is 28.4 Å². The van der Waals surface area contributed by atoms with E-state index in [1.807, 2.05) is 32.9 Å². The lowest BCUT2D eigenvalue weighted by atomic mass is 9.95. The molecule has 0 saturated carbocycles. The second kappa shape index (κ2) is 14.7. The van der Waals surface area contributed by atoms with Crippen LogP contribution in [0.4, 0.5) is 0 Å². The second-order valence-electron chi connectivity index (χ2n) is 9.37. The van der Waals surface area contributed by atoms with Crippen molar-refractivity contribution < 1.29 is 38.0 Å². The number of benzene rings is 2. The van der Waals surface area contributed by atoms with E-state index >= 15 is 0 Å². The summed E-state index contributed by atoms with van der Waals surface area (Å²) in [6, 6.07) is 9.62. The SMILES string of the molecule is CCOC(=O)C1=C(C)N=c2s/c(=C\c3ccc(OCC)cc3OCC)c(=O)n2[C@@H]1c1ccc(OCC(=O)OC)c(OCC)c1. The van der Waals surface area contributed by atoms with Gasteiger partial charge in [-0.15, -0.1) is 0 Å². The molecule has 0 N–H and O–H groups in total. The fraction of sp³-hybridized carbons (Fsp3) is 0.375. The molecule has 0 saturated heterocycles. The molecule has 44 heavy (non-hydrogen) atoms. The molecule has 0 amide bonds. The number of allylic oxidation sites excluding steroid dienone is 1. The number of fused-ring (bicyclic) bond motifs is 1. The number of thiazole rings is 1. The highest BCUT2D eigenvalue weighted by Crippen LogP contribution is 2.36. The van der Waals surface area contributed by atoms with Crippen molar-refractivity contribution in [1.29, 1.82) is 0 Å². The molecule has 1 aliphatic heterocycles. The summed E-state index contributed by atoms with van der Waals surface area (Å²) in [6.45, 7) is 10.1. The van der Waals surface area contributed by atoms with Crippen LogP contribution in [0.15, 0.2) is 57.5 Å². The zero-order chi connectivity index (χ0) is 31.8. The summed E-state index contributed by atoms with van der Waals surface area (Å²) in [4.78, 5) is 44.2. The van der Waals surface area contributed by atoms with Crippen molar-refractivity contribution in [2.24, 2.45) is 4.99 Å². The third-order valence-electron chi connectivity index (χ3n) is 6.56. The van der Waals surface area contributed by atoms with Crippen molar-refractivity contribution in [3.05, 3.63) is 78.5 Å². The van der Waals surface area contributed by atoms with Crippen molar-refractivity contribution in [3.8, 4) is 23.0 Å². The molecular formula is C32H36N2O9S. The quantitative estimate of drug-likeness (QED) is 0.263. The van der Waals surface area contributed by atoms with Crippen molar-refractivity contribution >= 4 is 29.4 Å². The lowest BCUT2D eigenvalue weighted by Gasteiger charge is -2.25. The summed E-state index contributed by atoms with van der Waals surface area (Å²) >= 11 is 1.21. The third-order valence-corrected chi connectivity index (χ3v) is 7.54.